The van der Waals surface area contributed by atoms with Gasteiger partial charge in [-0.2, -0.15) is 0 Å². The van der Waals surface area contributed by atoms with Crippen LogP contribution in [0.25, 0.3) is 76.8 Å². The lowest BCUT2D eigenvalue weighted by Crippen LogP contribution is -2.12. The Morgan fingerprint density at radius 1 is 0.263 bits per heavy atom. The van der Waals surface area contributed by atoms with Crippen LogP contribution in [0.3, 0.4) is 0 Å². The zero-order chi connectivity index (χ0) is 52.5. The number of benzene rings is 12. The van der Waals surface area contributed by atoms with Crippen LogP contribution >= 0.6 is 0 Å². The fraction of sp³-hybridized carbons (Fsp3) is 0.111. The van der Waals surface area contributed by atoms with Crippen LogP contribution in [0.2, 0.25) is 0 Å². The maximum atomic E-state index is 15.0. The van der Waals surface area contributed by atoms with Crippen molar-refractivity contribution in [2.45, 2.75) is 55.4 Å². The van der Waals surface area contributed by atoms with Gasteiger partial charge in [-0.1, -0.05) is 109 Å². The summed E-state index contributed by atoms with van der Waals surface area (Å²) in [6, 6.07) is 71.4. The Hall–Kier alpha value is -8.86. The van der Waals surface area contributed by atoms with Crippen molar-refractivity contribution in [3.05, 3.63) is 262 Å². The fourth-order valence-electron chi connectivity index (χ4n) is 12.3. The molecular formula is C72H58F2N2. The predicted molar refractivity (Wildman–Crippen MR) is 319 cm³/mol. The third kappa shape index (κ3) is 8.35. The van der Waals surface area contributed by atoms with Gasteiger partial charge in [0.1, 0.15) is 11.6 Å². The summed E-state index contributed by atoms with van der Waals surface area (Å²) in [5.74, 6) is -0.586. The highest BCUT2D eigenvalue weighted by Gasteiger charge is 2.25. The van der Waals surface area contributed by atoms with Gasteiger partial charge in [0.15, 0.2) is 0 Å². The van der Waals surface area contributed by atoms with Crippen LogP contribution < -0.4 is 9.80 Å². The Morgan fingerprint density at radius 2 is 0.526 bits per heavy atom. The highest BCUT2D eigenvalue weighted by molar-refractivity contribution is 6.28. The van der Waals surface area contributed by atoms with Gasteiger partial charge in [-0.25, -0.2) is 8.78 Å². The first-order valence-electron chi connectivity index (χ1n) is 26.2. The lowest BCUT2D eigenvalue weighted by atomic mass is 9.89. The molecule has 0 aliphatic carbocycles. The predicted octanol–water partition coefficient (Wildman–Crippen LogP) is 20.9. The Kier molecular flexibility index (Phi) is 12.1. The first-order chi connectivity index (χ1) is 36.8. The van der Waals surface area contributed by atoms with Crippen molar-refractivity contribution in [3.63, 3.8) is 0 Å². The minimum atomic E-state index is -0.293. The molecule has 12 aromatic carbocycles. The van der Waals surface area contributed by atoms with E-state index in [2.05, 4.69) is 223 Å². The van der Waals surface area contributed by atoms with Crippen LogP contribution in [0.4, 0.5) is 42.9 Å². The molecular weight excluding hydrogens is 931 g/mol. The molecule has 0 fully saturated rings. The van der Waals surface area contributed by atoms with Crippen molar-refractivity contribution in [3.8, 4) is 44.5 Å². The monoisotopic (exact) mass is 988 g/mol. The normalized spacial score (nSPS) is 11.6. The van der Waals surface area contributed by atoms with E-state index in [0.717, 1.165) is 88.7 Å². The molecule has 0 amide bonds. The molecule has 76 heavy (non-hydrogen) atoms. The maximum Gasteiger partial charge on any atom is 0.123 e. The third-order valence-electron chi connectivity index (χ3n) is 15.7. The lowest BCUT2D eigenvalue weighted by molar-refractivity contribution is 0.627. The van der Waals surface area contributed by atoms with Gasteiger partial charge in [-0.15, -0.1) is 0 Å². The van der Waals surface area contributed by atoms with Crippen molar-refractivity contribution < 1.29 is 8.78 Å². The van der Waals surface area contributed by atoms with Gasteiger partial charge in [0.25, 0.3) is 0 Å². The highest BCUT2D eigenvalue weighted by Crippen LogP contribution is 2.50. The fourth-order valence-corrected chi connectivity index (χ4v) is 12.3. The zero-order valence-corrected chi connectivity index (χ0v) is 44.3. The van der Waals surface area contributed by atoms with E-state index in [9.17, 15) is 0 Å². The topological polar surface area (TPSA) is 6.48 Å². The van der Waals surface area contributed by atoms with Crippen LogP contribution in [0, 0.1) is 67.0 Å². The number of hydrogen-bond acceptors (Lipinski definition) is 2. The van der Waals surface area contributed by atoms with E-state index in [0.29, 0.717) is 0 Å². The van der Waals surface area contributed by atoms with E-state index < -0.39 is 0 Å². The maximum absolute atomic E-state index is 15.0. The molecule has 2 nitrogen and oxygen atoms in total. The van der Waals surface area contributed by atoms with E-state index in [1.807, 2.05) is 24.3 Å². The largest absolute Gasteiger partial charge is 0.310 e. The average molecular weight is 989 g/mol. The smallest absolute Gasteiger partial charge is 0.123 e. The summed E-state index contributed by atoms with van der Waals surface area (Å²) in [5.41, 5.74) is 24.4. The molecule has 12 aromatic rings. The van der Waals surface area contributed by atoms with Gasteiger partial charge in [0, 0.05) is 33.5 Å². The van der Waals surface area contributed by atoms with Crippen molar-refractivity contribution in [1.29, 1.82) is 0 Å². The average Bonchev–Trinajstić information content (AvgIpc) is 3.50. The van der Waals surface area contributed by atoms with Gasteiger partial charge >= 0.3 is 0 Å². The summed E-state index contributed by atoms with van der Waals surface area (Å²) in [7, 11) is 0. The van der Waals surface area contributed by atoms with Crippen LogP contribution in [0.15, 0.2) is 206 Å². The number of anilines is 6. The minimum Gasteiger partial charge on any atom is -0.310 e. The Balaban J connectivity index is 1.13. The molecule has 0 saturated carbocycles. The molecule has 0 N–H and O–H groups in total. The van der Waals surface area contributed by atoms with Crippen molar-refractivity contribution >= 4 is 66.4 Å². The van der Waals surface area contributed by atoms with Gasteiger partial charge in [-0.3, -0.25) is 0 Å². The van der Waals surface area contributed by atoms with E-state index in [1.165, 1.54) is 66.8 Å². The number of rotatable bonds is 10. The Morgan fingerprint density at radius 3 is 0.803 bits per heavy atom. The lowest BCUT2D eigenvalue weighted by Gasteiger charge is -2.30. The van der Waals surface area contributed by atoms with Crippen molar-refractivity contribution in [1.82, 2.24) is 0 Å². The van der Waals surface area contributed by atoms with Crippen LogP contribution in [0.5, 0.6) is 0 Å². The van der Waals surface area contributed by atoms with E-state index in [4.69, 9.17) is 0 Å². The molecule has 4 heteroatoms. The molecule has 0 aliphatic heterocycles. The van der Waals surface area contributed by atoms with Crippen LogP contribution in [-0.4, -0.2) is 0 Å². The number of hydrogen-bond donors (Lipinski definition) is 0. The van der Waals surface area contributed by atoms with Crippen LogP contribution in [0.1, 0.15) is 44.5 Å². The molecule has 0 heterocycles. The quantitative estimate of drug-likeness (QED) is 0.126. The first kappa shape index (κ1) is 48.1. The molecule has 370 valence electrons. The summed E-state index contributed by atoms with van der Waals surface area (Å²) in [4.78, 5) is 4.61. The summed E-state index contributed by atoms with van der Waals surface area (Å²) in [6.45, 7) is 17.5. The molecule has 0 saturated heterocycles. The second kappa shape index (κ2) is 19.1. The Labute approximate surface area is 445 Å². The summed E-state index contributed by atoms with van der Waals surface area (Å²) in [5, 5.41) is 6.59. The Bertz CT molecular complexity index is 3730. The van der Waals surface area contributed by atoms with Gasteiger partial charge in [0.2, 0.25) is 0 Å². The highest BCUT2D eigenvalue weighted by atomic mass is 19.1. The standard InChI is InChI=1S/C72H58F2N2/c1-43-13-9-14-44(2)67(43)53-37-54(68-45(3)15-10-16-46(68)4)40-61(39-53)75(59-29-25-57(73)26-30-59)65-35-23-51-22-34-64-66(36-24-52-21-33-63(65)71(51)72(52)64)76(60-31-27-58(74)28-32-60)62-41-55(69-47(5)17-11-18-48(69)6)38-56(42-62)70-49(7)19-12-20-50(70)8/h9-42H,1-8H3. The van der Waals surface area contributed by atoms with Gasteiger partial charge in [-0.05, 0) is 263 Å². The molecule has 0 bridgehead atoms. The molecule has 0 aromatic heterocycles. The van der Waals surface area contributed by atoms with Crippen molar-refractivity contribution in [2.75, 3.05) is 9.80 Å². The van der Waals surface area contributed by atoms with Crippen molar-refractivity contribution in [2.24, 2.45) is 0 Å². The second-order valence-electron chi connectivity index (χ2n) is 20.8. The molecule has 0 spiro atoms. The molecule has 0 atom stereocenters. The summed E-state index contributed by atoms with van der Waals surface area (Å²) < 4.78 is 30.1. The van der Waals surface area contributed by atoms with E-state index >= 15 is 8.78 Å². The second-order valence-corrected chi connectivity index (χ2v) is 20.8. The number of nitrogens with zero attached hydrogens (tertiary/aromatic N) is 2. The molecule has 0 unspecified atom stereocenters. The zero-order valence-electron chi connectivity index (χ0n) is 44.3. The molecule has 0 radical (unpaired) electrons. The summed E-state index contributed by atoms with van der Waals surface area (Å²) >= 11 is 0. The SMILES string of the molecule is Cc1cccc(C)c1-c1cc(-c2c(C)cccc2C)cc(N(c2ccc(F)cc2)c2ccc3ccc4c(N(c5ccc(F)cc5)c5cc(-c6c(C)cccc6C)cc(-c6c(C)cccc6C)c5)ccc5ccc2c3c54)c1. The first-order valence-corrected chi connectivity index (χ1v) is 26.2. The number of aryl methyl sites for hydroxylation is 8. The van der Waals surface area contributed by atoms with Crippen LogP contribution in [-0.2, 0) is 0 Å². The molecule has 12 rings (SSSR count). The van der Waals surface area contributed by atoms with Gasteiger partial charge in [0.05, 0.1) is 11.4 Å². The number of halogens is 2. The van der Waals surface area contributed by atoms with Gasteiger partial charge < -0.3 is 9.80 Å². The summed E-state index contributed by atoms with van der Waals surface area (Å²) in [6.07, 6.45) is 0. The van der Waals surface area contributed by atoms with E-state index in [1.54, 1.807) is 24.3 Å². The third-order valence-corrected chi connectivity index (χ3v) is 15.7. The molecule has 0 aliphatic rings. The van der Waals surface area contributed by atoms with E-state index in [-0.39, 0.29) is 11.6 Å². The minimum absolute atomic E-state index is 0.293.